The molecule has 0 bridgehead atoms. The molecule has 1 N–H and O–H groups in total. The van der Waals surface area contributed by atoms with Crippen LogP contribution in [0.4, 0.5) is 13.2 Å². The van der Waals surface area contributed by atoms with E-state index in [0.717, 1.165) is 18.4 Å². The summed E-state index contributed by atoms with van der Waals surface area (Å²) < 4.78 is 40.7. The van der Waals surface area contributed by atoms with Gasteiger partial charge in [-0.05, 0) is 24.6 Å². The number of alkyl halides is 3. The van der Waals surface area contributed by atoms with Gasteiger partial charge in [0.2, 0.25) is 0 Å². The molecular weight excluding hydrogens is 255 g/mol. The second kappa shape index (κ2) is 7.50. The van der Waals surface area contributed by atoms with E-state index in [1.807, 2.05) is 24.3 Å². The van der Waals surface area contributed by atoms with Gasteiger partial charge in [0.1, 0.15) is 6.61 Å². The summed E-state index contributed by atoms with van der Waals surface area (Å²) in [7, 11) is 1.71. The second-order valence-electron chi connectivity index (χ2n) is 4.46. The molecule has 0 aromatic heterocycles. The summed E-state index contributed by atoms with van der Waals surface area (Å²) >= 11 is 0. The van der Waals surface area contributed by atoms with Crippen LogP contribution >= 0.6 is 0 Å². The predicted molar refractivity (Wildman–Crippen MR) is 69.1 cm³/mol. The van der Waals surface area contributed by atoms with Gasteiger partial charge in [-0.2, -0.15) is 13.2 Å². The lowest BCUT2D eigenvalue weighted by Gasteiger charge is -2.18. The second-order valence-corrected chi connectivity index (χ2v) is 4.46. The van der Waals surface area contributed by atoms with E-state index in [2.05, 4.69) is 12.2 Å². The molecule has 19 heavy (non-hydrogen) atoms. The molecule has 1 aromatic carbocycles. The Hall–Kier alpha value is -1.07. The van der Waals surface area contributed by atoms with E-state index in [9.17, 15) is 13.2 Å². The Kier molecular flexibility index (Phi) is 6.31. The molecule has 1 unspecified atom stereocenters. The summed E-state index contributed by atoms with van der Waals surface area (Å²) in [6, 6.07) is 7.66. The highest BCUT2D eigenvalue weighted by Gasteiger charge is 2.27. The smallest absolute Gasteiger partial charge is 0.370 e. The average Bonchev–Trinajstić information content (AvgIpc) is 2.35. The molecule has 0 aliphatic rings. The zero-order valence-corrected chi connectivity index (χ0v) is 11.3. The zero-order valence-electron chi connectivity index (χ0n) is 11.3. The third kappa shape index (κ3) is 6.07. The summed E-state index contributed by atoms with van der Waals surface area (Å²) in [6.07, 6.45) is -2.19. The quantitative estimate of drug-likeness (QED) is 0.822. The van der Waals surface area contributed by atoms with Crippen molar-refractivity contribution in [2.45, 2.75) is 32.0 Å². The molecule has 2 nitrogen and oxygen atoms in total. The maximum absolute atomic E-state index is 12.0. The number of likely N-dealkylation sites (N-methyl/N-ethyl adjacent to an activating group) is 1. The van der Waals surface area contributed by atoms with E-state index < -0.39 is 12.8 Å². The van der Waals surface area contributed by atoms with Crippen molar-refractivity contribution in [2.75, 3.05) is 20.3 Å². The minimum atomic E-state index is -4.27. The minimum Gasteiger partial charge on any atom is -0.370 e. The van der Waals surface area contributed by atoms with Crippen molar-refractivity contribution in [3.05, 3.63) is 35.4 Å². The van der Waals surface area contributed by atoms with E-state index in [1.165, 1.54) is 5.56 Å². The number of benzene rings is 1. The molecule has 0 radical (unpaired) electrons. The highest BCUT2D eigenvalue weighted by molar-refractivity contribution is 5.25. The number of rotatable bonds is 7. The monoisotopic (exact) mass is 275 g/mol. The topological polar surface area (TPSA) is 21.3 Å². The molecule has 1 aromatic rings. The summed E-state index contributed by atoms with van der Waals surface area (Å²) in [4.78, 5) is 0. The molecule has 108 valence electrons. The van der Waals surface area contributed by atoms with E-state index in [4.69, 9.17) is 4.74 Å². The van der Waals surface area contributed by atoms with Gasteiger partial charge in [-0.15, -0.1) is 0 Å². The lowest BCUT2D eigenvalue weighted by atomic mass is 10.0. The fourth-order valence-corrected chi connectivity index (χ4v) is 1.84. The van der Waals surface area contributed by atoms with Gasteiger partial charge < -0.3 is 10.1 Å². The van der Waals surface area contributed by atoms with Gasteiger partial charge in [0.15, 0.2) is 0 Å². The molecular formula is C14H20F3NO. The Morgan fingerprint density at radius 3 is 2.32 bits per heavy atom. The van der Waals surface area contributed by atoms with Crippen LogP contribution < -0.4 is 5.32 Å². The first-order valence-corrected chi connectivity index (χ1v) is 6.37. The first kappa shape index (κ1) is 16.0. The molecule has 0 spiro atoms. The van der Waals surface area contributed by atoms with E-state index in [1.54, 1.807) is 7.05 Å². The highest BCUT2D eigenvalue weighted by atomic mass is 19.4. The number of ether oxygens (including phenoxy) is 1. The predicted octanol–water partition coefficient (Wildman–Crippen LogP) is 3.48. The molecule has 0 amide bonds. The lowest BCUT2D eigenvalue weighted by molar-refractivity contribution is -0.175. The Morgan fingerprint density at radius 2 is 1.84 bits per heavy atom. The van der Waals surface area contributed by atoms with Gasteiger partial charge in [-0.3, -0.25) is 0 Å². The molecule has 0 aliphatic carbocycles. The lowest BCUT2D eigenvalue weighted by Crippen LogP contribution is -2.25. The summed E-state index contributed by atoms with van der Waals surface area (Å²) in [5.74, 6) is 0. The van der Waals surface area contributed by atoms with Crippen molar-refractivity contribution in [3.8, 4) is 0 Å². The van der Waals surface area contributed by atoms with Crippen molar-refractivity contribution < 1.29 is 17.9 Å². The van der Waals surface area contributed by atoms with Crippen LogP contribution in [0.3, 0.4) is 0 Å². The largest absolute Gasteiger partial charge is 0.411 e. The van der Waals surface area contributed by atoms with Crippen LogP contribution in [-0.2, 0) is 11.2 Å². The number of hydrogen-bond acceptors (Lipinski definition) is 2. The first-order chi connectivity index (χ1) is 8.96. The van der Waals surface area contributed by atoms with Crippen molar-refractivity contribution >= 4 is 0 Å². The molecule has 0 heterocycles. The Morgan fingerprint density at radius 1 is 1.21 bits per heavy atom. The fraction of sp³-hybridized carbons (Fsp3) is 0.571. The fourth-order valence-electron chi connectivity index (χ4n) is 1.84. The van der Waals surface area contributed by atoms with Crippen LogP contribution in [0.25, 0.3) is 0 Å². The first-order valence-electron chi connectivity index (χ1n) is 6.37. The van der Waals surface area contributed by atoms with Crippen LogP contribution in [0.5, 0.6) is 0 Å². The Labute approximate surface area is 112 Å². The van der Waals surface area contributed by atoms with Gasteiger partial charge in [0.25, 0.3) is 0 Å². The third-order valence-electron chi connectivity index (χ3n) is 2.82. The normalized spacial score (nSPS) is 13.5. The van der Waals surface area contributed by atoms with Crippen molar-refractivity contribution in [3.63, 3.8) is 0 Å². The summed E-state index contributed by atoms with van der Waals surface area (Å²) in [5.41, 5.74) is 2.17. The Bertz CT molecular complexity index is 362. The summed E-state index contributed by atoms with van der Waals surface area (Å²) in [6.45, 7) is 0.900. The Balaban J connectivity index is 2.54. The van der Waals surface area contributed by atoms with Crippen molar-refractivity contribution in [2.24, 2.45) is 0 Å². The molecule has 5 heteroatoms. The van der Waals surface area contributed by atoms with Crippen molar-refractivity contribution in [1.29, 1.82) is 0 Å². The zero-order chi connectivity index (χ0) is 14.3. The molecule has 0 aliphatic heterocycles. The highest BCUT2D eigenvalue weighted by Crippen LogP contribution is 2.18. The number of hydrogen-bond donors (Lipinski definition) is 1. The molecule has 0 saturated carbocycles. The number of halogens is 3. The average molecular weight is 275 g/mol. The number of nitrogens with one attached hydrogen (secondary N) is 1. The maximum atomic E-state index is 12.0. The van der Waals surface area contributed by atoms with E-state index in [-0.39, 0.29) is 12.6 Å². The third-order valence-corrected chi connectivity index (χ3v) is 2.82. The van der Waals surface area contributed by atoms with E-state index in [0.29, 0.717) is 0 Å². The van der Waals surface area contributed by atoms with Crippen LogP contribution in [0, 0.1) is 0 Å². The standard InChI is InChI=1S/C14H20F3NO/c1-3-4-11-5-7-12(8-6-11)13(18-2)9-19-10-14(15,16)17/h5-8,13,18H,3-4,9-10H2,1-2H3. The SMILES string of the molecule is CCCc1ccc(C(COCC(F)(F)F)NC)cc1. The van der Waals surface area contributed by atoms with Crippen LogP contribution in [0.15, 0.2) is 24.3 Å². The van der Waals surface area contributed by atoms with Gasteiger partial charge in [0, 0.05) is 0 Å². The molecule has 0 saturated heterocycles. The van der Waals surface area contributed by atoms with Crippen molar-refractivity contribution in [1.82, 2.24) is 5.32 Å². The van der Waals surface area contributed by atoms with Crippen LogP contribution in [-0.4, -0.2) is 26.4 Å². The van der Waals surface area contributed by atoms with Gasteiger partial charge in [-0.1, -0.05) is 37.6 Å². The van der Waals surface area contributed by atoms with Gasteiger partial charge in [-0.25, -0.2) is 0 Å². The molecule has 1 atom stereocenters. The van der Waals surface area contributed by atoms with Gasteiger partial charge in [0.05, 0.1) is 12.6 Å². The minimum absolute atomic E-state index is 0.00311. The van der Waals surface area contributed by atoms with Gasteiger partial charge >= 0.3 is 6.18 Å². The molecule has 0 fully saturated rings. The summed E-state index contributed by atoms with van der Waals surface area (Å²) in [5, 5.41) is 2.96. The molecule has 1 rings (SSSR count). The van der Waals surface area contributed by atoms with E-state index >= 15 is 0 Å². The van der Waals surface area contributed by atoms with Crippen LogP contribution in [0.1, 0.15) is 30.5 Å². The maximum Gasteiger partial charge on any atom is 0.411 e. The number of aryl methyl sites for hydroxylation is 1. The van der Waals surface area contributed by atoms with Crippen LogP contribution in [0.2, 0.25) is 0 Å².